The van der Waals surface area contributed by atoms with Gasteiger partial charge in [0.05, 0.1) is 7.11 Å². The van der Waals surface area contributed by atoms with Crippen molar-refractivity contribution in [1.29, 1.82) is 0 Å². The smallest absolute Gasteiger partial charge is 0.222 e. The summed E-state index contributed by atoms with van der Waals surface area (Å²) in [7, 11) is 3.53. The molecule has 0 spiro atoms. The number of methoxy groups -OCH3 is 1. The normalized spacial score (nSPS) is 10.4. The third-order valence-electron chi connectivity index (χ3n) is 4.16. The summed E-state index contributed by atoms with van der Waals surface area (Å²) in [5.41, 5.74) is 8.87. The maximum absolute atomic E-state index is 12.2. The average molecular weight is 326 g/mol. The number of ether oxygens (including phenoxy) is 1. The predicted octanol–water partition coefficient (Wildman–Crippen LogP) is 3.30. The van der Waals surface area contributed by atoms with Gasteiger partial charge in [0.1, 0.15) is 5.75 Å². The van der Waals surface area contributed by atoms with Gasteiger partial charge in [-0.1, -0.05) is 24.3 Å². The Morgan fingerprint density at radius 2 is 1.58 bits per heavy atom. The summed E-state index contributed by atoms with van der Waals surface area (Å²) in [6, 6.07) is 15.8. The van der Waals surface area contributed by atoms with Gasteiger partial charge < -0.3 is 15.4 Å². The van der Waals surface area contributed by atoms with Crippen molar-refractivity contribution >= 4 is 11.6 Å². The van der Waals surface area contributed by atoms with Crippen LogP contribution in [0.5, 0.6) is 5.75 Å². The van der Waals surface area contributed by atoms with Crippen molar-refractivity contribution in [2.24, 2.45) is 0 Å². The predicted molar refractivity (Wildman–Crippen MR) is 98.1 cm³/mol. The van der Waals surface area contributed by atoms with Gasteiger partial charge in [0.15, 0.2) is 0 Å². The summed E-state index contributed by atoms with van der Waals surface area (Å²) in [5.74, 6) is 1.05. The maximum Gasteiger partial charge on any atom is 0.222 e. The SMILES string of the molecule is COc1ccc(CCN(C)C(=O)CCCc2ccc(N)cc2)cc1. The lowest BCUT2D eigenvalue weighted by atomic mass is 10.1. The number of amides is 1. The molecule has 0 aromatic heterocycles. The Labute approximate surface area is 144 Å². The van der Waals surface area contributed by atoms with Crippen LogP contribution in [-0.4, -0.2) is 31.5 Å². The number of benzene rings is 2. The molecule has 0 bridgehead atoms. The summed E-state index contributed by atoms with van der Waals surface area (Å²) in [4.78, 5) is 14.0. The second kappa shape index (κ2) is 8.96. The molecule has 2 rings (SSSR count). The number of rotatable bonds is 8. The number of carbonyl (C=O) groups excluding carboxylic acids is 1. The fraction of sp³-hybridized carbons (Fsp3) is 0.350. The number of nitrogen functional groups attached to an aromatic ring is 1. The molecule has 0 aliphatic rings. The van der Waals surface area contributed by atoms with Crippen LogP contribution in [0, 0.1) is 0 Å². The lowest BCUT2D eigenvalue weighted by Crippen LogP contribution is -2.28. The van der Waals surface area contributed by atoms with E-state index < -0.39 is 0 Å². The summed E-state index contributed by atoms with van der Waals surface area (Å²) >= 11 is 0. The molecular formula is C20H26N2O2. The Bertz CT molecular complexity index is 636. The lowest BCUT2D eigenvalue weighted by Gasteiger charge is -2.17. The van der Waals surface area contributed by atoms with Crippen molar-refractivity contribution in [2.75, 3.05) is 26.4 Å². The van der Waals surface area contributed by atoms with E-state index in [1.807, 2.05) is 60.5 Å². The van der Waals surface area contributed by atoms with Crippen LogP contribution in [0.25, 0.3) is 0 Å². The fourth-order valence-corrected chi connectivity index (χ4v) is 2.53. The van der Waals surface area contributed by atoms with Crippen LogP contribution >= 0.6 is 0 Å². The summed E-state index contributed by atoms with van der Waals surface area (Å²) < 4.78 is 5.15. The Morgan fingerprint density at radius 3 is 2.21 bits per heavy atom. The van der Waals surface area contributed by atoms with E-state index in [4.69, 9.17) is 10.5 Å². The van der Waals surface area contributed by atoms with E-state index >= 15 is 0 Å². The molecule has 128 valence electrons. The summed E-state index contributed by atoms with van der Waals surface area (Å²) in [6.45, 7) is 0.729. The highest BCUT2D eigenvalue weighted by atomic mass is 16.5. The Hall–Kier alpha value is -2.49. The van der Waals surface area contributed by atoms with E-state index in [1.54, 1.807) is 7.11 Å². The van der Waals surface area contributed by atoms with Crippen molar-refractivity contribution in [3.05, 3.63) is 59.7 Å². The fourth-order valence-electron chi connectivity index (χ4n) is 2.53. The highest BCUT2D eigenvalue weighted by molar-refractivity contribution is 5.75. The Balaban J connectivity index is 1.70. The van der Waals surface area contributed by atoms with Gasteiger partial charge in [-0.2, -0.15) is 0 Å². The van der Waals surface area contributed by atoms with Gasteiger partial charge in [-0.15, -0.1) is 0 Å². The molecule has 0 aliphatic carbocycles. The molecule has 24 heavy (non-hydrogen) atoms. The number of likely N-dealkylation sites (N-methyl/N-ethyl adjacent to an activating group) is 1. The number of carbonyl (C=O) groups is 1. The minimum Gasteiger partial charge on any atom is -0.497 e. The Morgan fingerprint density at radius 1 is 1.00 bits per heavy atom. The number of hydrogen-bond donors (Lipinski definition) is 1. The summed E-state index contributed by atoms with van der Waals surface area (Å²) in [6.07, 6.45) is 3.18. The summed E-state index contributed by atoms with van der Waals surface area (Å²) in [5, 5.41) is 0. The Kier molecular flexibility index (Phi) is 6.67. The molecule has 4 nitrogen and oxygen atoms in total. The standard InChI is InChI=1S/C20H26N2O2/c1-22(15-14-17-8-12-19(24-2)13-9-17)20(23)5-3-4-16-6-10-18(21)11-7-16/h6-13H,3-5,14-15,21H2,1-2H3. The third kappa shape index (κ3) is 5.61. The zero-order valence-corrected chi connectivity index (χ0v) is 14.5. The number of anilines is 1. The van der Waals surface area contributed by atoms with Crippen molar-refractivity contribution in [2.45, 2.75) is 25.7 Å². The quantitative estimate of drug-likeness (QED) is 0.757. The first-order chi connectivity index (χ1) is 11.6. The monoisotopic (exact) mass is 326 g/mol. The van der Waals surface area contributed by atoms with E-state index in [-0.39, 0.29) is 5.91 Å². The van der Waals surface area contributed by atoms with Gasteiger partial charge in [0.25, 0.3) is 0 Å². The highest BCUT2D eigenvalue weighted by Gasteiger charge is 2.08. The largest absolute Gasteiger partial charge is 0.497 e. The van der Waals surface area contributed by atoms with Crippen LogP contribution in [0.1, 0.15) is 24.0 Å². The third-order valence-corrected chi connectivity index (χ3v) is 4.16. The molecule has 0 aliphatic heterocycles. The molecule has 2 aromatic rings. The molecule has 1 amide bonds. The maximum atomic E-state index is 12.2. The number of hydrogen-bond acceptors (Lipinski definition) is 3. The first-order valence-corrected chi connectivity index (χ1v) is 8.30. The van der Waals surface area contributed by atoms with Gasteiger partial charge in [-0.3, -0.25) is 4.79 Å². The zero-order valence-electron chi connectivity index (χ0n) is 14.5. The van der Waals surface area contributed by atoms with Crippen molar-refractivity contribution < 1.29 is 9.53 Å². The van der Waals surface area contributed by atoms with Crippen LogP contribution in [0.3, 0.4) is 0 Å². The number of nitrogens with two attached hydrogens (primary N) is 1. The van der Waals surface area contributed by atoms with Gasteiger partial charge >= 0.3 is 0 Å². The topological polar surface area (TPSA) is 55.6 Å². The van der Waals surface area contributed by atoms with E-state index in [0.29, 0.717) is 6.42 Å². The van der Waals surface area contributed by atoms with Crippen molar-refractivity contribution in [3.8, 4) is 5.75 Å². The molecule has 0 fully saturated rings. The minimum atomic E-state index is 0.193. The number of aryl methyl sites for hydroxylation is 1. The van der Waals surface area contributed by atoms with Gasteiger partial charge in [-0.05, 0) is 54.7 Å². The molecule has 0 radical (unpaired) electrons. The van der Waals surface area contributed by atoms with Crippen molar-refractivity contribution in [3.63, 3.8) is 0 Å². The lowest BCUT2D eigenvalue weighted by molar-refractivity contribution is -0.129. The molecule has 0 unspecified atom stereocenters. The zero-order chi connectivity index (χ0) is 17.4. The van der Waals surface area contributed by atoms with E-state index in [9.17, 15) is 4.79 Å². The number of nitrogens with zero attached hydrogens (tertiary/aromatic N) is 1. The first kappa shape index (κ1) is 17.9. The molecular weight excluding hydrogens is 300 g/mol. The van der Waals surface area contributed by atoms with Gasteiger partial charge in [0.2, 0.25) is 5.91 Å². The second-order valence-electron chi connectivity index (χ2n) is 6.01. The van der Waals surface area contributed by atoms with Crippen LogP contribution < -0.4 is 10.5 Å². The van der Waals surface area contributed by atoms with E-state index in [0.717, 1.165) is 37.2 Å². The van der Waals surface area contributed by atoms with Crippen LogP contribution in [0.4, 0.5) is 5.69 Å². The molecule has 0 heterocycles. The van der Waals surface area contributed by atoms with Crippen LogP contribution in [-0.2, 0) is 17.6 Å². The van der Waals surface area contributed by atoms with Crippen molar-refractivity contribution in [1.82, 2.24) is 4.90 Å². The molecule has 0 atom stereocenters. The average Bonchev–Trinajstić information content (AvgIpc) is 2.61. The van der Waals surface area contributed by atoms with E-state index in [2.05, 4.69) is 0 Å². The highest BCUT2D eigenvalue weighted by Crippen LogP contribution is 2.12. The molecule has 2 N–H and O–H groups in total. The van der Waals surface area contributed by atoms with E-state index in [1.165, 1.54) is 11.1 Å². The molecule has 0 saturated carbocycles. The van der Waals surface area contributed by atoms with Gasteiger partial charge in [0, 0.05) is 25.7 Å². The molecule has 2 aromatic carbocycles. The van der Waals surface area contributed by atoms with Crippen LogP contribution in [0.2, 0.25) is 0 Å². The second-order valence-corrected chi connectivity index (χ2v) is 6.01. The first-order valence-electron chi connectivity index (χ1n) is 8.30. The molecule has 4 heteroatoms. The minimum absolute atomic E-state index is 0.193. The van der Waals surface area contributed by atoms with Crippen LogP contribution in [0.15, 0.2) is 48.5 Å². The molecule has 0 saturated heterocycles. The van der Waals surface area contributed by atoms with Gasteiger partial charge in [-0.25, -0.2) is 0 Å².